The van der Waals surface area contributed by atoms with Crippen molar-refractivity contribution in [3.05, 3.63) is 59.2 Å². The first-order chi connectivity index (χ1) is 13.4. The van der Waals surface area contributed by atoms with Gasteiger partial charge in [0.15, 0.2) is 0 Å². The molecule has 0 heterocycles. The largest absolute Gasteiger partial charge is 0.465 e. The minimum Gasteiger partial charge on any atom is -0.465 e. The fourth-order valence-electron chi connectivity index (χ4n) is 3.23. The average Bonchev–Trinajstić information content (AvgIpc) is 3.50. The maximum absolute atomic E-state index is 12.6. The van der Waals surface area contributed by atoms with Gasteiger partial charge in [-0.1, -0.05) is 25.1 Å². The van der Waals surface area contributed by atoms with Crippen molar-refractivity contribution in [1.29, 1.82) is 0 Å². The Kier molecular flexibility index (Phi) is 5.78. The predicted octanol–water partition coefficient (Wildman–Crippen LogP) is 3.56. The van der Waals surface area contributed by atoms with Gasteiger partial charge in [0, 0.05) is 11.4 Å². The smallest absolute Gasteiger partial charge is 0.337 e. The summed E-state index contributed by atoms with van der Waals surface area (Å²) in [4.78, 5) is 36.4. The Hall–Kier alpha value is -3.15. The molecule has 2 unspecified atom stereocenters. The van der Waals surface area contributed by atoms with Crippen molar-refractivity contribution in [3.63, 3.8) is 0 Å². The van der Waals surface area contributed by atoms with Gasteiger partial charge in [0.1, 0.15) is 0 Å². The van der Waals surface area contributed by atoms with Crippen LogP contribution >= 0.6 is 0 Å². The fraction of sp³-hybridized carbons (Fsp3) is 0.318. The highest BCUT2D eigenvalue weighted by molar-refractivity contribution is 6.04. The topological polar surface area (TPSA) is 84.5 Å². The fourth-order valence-corrected chi connectivity index (χ4v) is 3.23. The van der Waals surface area contributed by atoms with Crippen LogP contribution in [0.2, 0.25) is 0 Å². The van der Waals surface area contributed by atoms with Crippen LogP contribution in [-0.4, -0.2) is 24.9 Å². The van der Waals surface area contributed by atoms with E-state index in [4.69, 9.17) is 0 Å². The second-order valence-corrected chi connectivity index (χ2v) is 6.96. The molecule has 1 saturated carbocycles. The molecule has 2 N–H and O–H groups in total. The number of aryl methyl sites for hydroxylation is 2. The van der Waals surface area contributed by atoms with Crippen LogP contribution in [0.25, 0.3) is 0 Å². The van der Waals surface area contributed by atoms with Crippen LogP contribution in [0.15, 0.2) is 42.5 Å². The zero-order chi connectivity index (χ0) is 20.3. The van der Waals surface area contributed by atoms with Crippen LogP contribution in [0, 0.1) is 18.8 Å². The predicted molar refractivity (Wildman–Crippen MR) is 107 cm³/mol. The maximum Gasteiger partial charge on any atom is 0.337 e. The van der Waals surface area contributed by atoms with Crippen LogP contribution in [0.5, 0.6) is 0 Å². The first-order valence-corrected chi connectivity index (χ1v) is 9.33. The van der Waals surface area contributed by atoms with Crippen LogP contribution in [0.3, 0.4) is 0 Å². The van der Waals surface area contributed by atoms with Gasteiger partial charge in [-0.2, -0.15) is 0 Å². The number of benzene rings is 2. The molecule has 2 amide bonds. The lowest BCUT2D eigenvalue weighted by molar-refractivity contribution is -0.122. The Labute approximate surface area is 164 Å². The number of rotatable bonds is 6. The third kappa shape index (κ3) is 4.22. The molecule has 146 valence electrons. The van der Waals surface area contributed by atoms with Crippen molar-refractivity contribution < 1.29 is 19.1 Å². The van der Waals surface area contributed by atoms with E-state index in [1.807, 2.05) is 32.0 Å². The van der Waals surface area contributed by atoms with E-state index in [2.05, 4.69) is 15.4 Å². The van der Waals surface area contributed by atoms with Crippen LogP contribution in [-0.2, 0) is 20.7 Å². The van der Waals surface area contributed by atoms with Gasteiger partial charge in [-0.3, -0.25) is 9.59 Å². The van der Waals surface area contributed by atoms with E-state index in [1.165, 1.54) is 7.11 Å². The molecule has 2 aromatic rings. The molecule has 6 nitrogen and oxygen atoms in total. The first-order valence-electron chi connectivity index (χ1n) is 9.33. The molecule has 0 spiro atoms. The van der Waals surface area contributed by atoms with E-state index in [9.17, 15) is 14.4 Å². The lowest BCUT2D eigenvalue weighted by atomic mass is 10.1. The number of nitrogens with one attached hydrogen (secondary N) is 2. The van der Waals surface area contributed by atoms with Crippen molar-refractivity contribution in [2.45, 2.75) is 26.7 Å². The van der Waals surface area contributed by atoms with Crippen molar-refractivity contribution in [1.82, 2.24) is 0 Å². The Balaban J connectivity index is 1.58. The summed E-state index contributed by atoms with van der Waals surface area (Å²) in [6.45, 7) is 4.01. The summed E-state index contributed by atoms with van der Waals surface area (Å²) >= 11 is 0. The maximum atomic E-state index is 12.6. The van der Waals surface area contributed by atoms with Crippen LogP contribution in [0.1, 0.15) is 34.8 Å². The highest BCUT2D eigenvalue weighted by Crippen LogP contribution is 2.40. The van der Waals surface area contributed by atoms with Crippen molar-refractivity contribution >= 4 is 29.2 Å². The molecule has 3 rings (SSSR count). The normalized spacial score (nSPS) is 17.5. The van der Waals surface area contributed by atoms with Crippen LogP contribution < -0.4 is 10.6 Å². The van der Waals surface area contributed by atoms with E-state index in [0.29, 0.717) is 17.7 Å². The highest BCUT2D eigenvalue weighted by atomic mass is 16.5. The monoisotopic (exact) mass is 380 g/mol. The summed E-state index contributed by atoms with van der Waals surface area (Å²) in [6.07, 6.45) is 1.36. The number of para-hydroxylation sites is 1. The standard InChI is InChI=1S/C22H24N2O4/c1-4-14-7-5-6-13(2)19(14)24-21(26)18-12-17(18)20(25)23-16-10-8-15(9-11-16)22(27)28-3/h5-11,17-18H,4,12H2,1-3H3,(H,23,25)(H,24,26). The summed E-state index contributed by atoms with van der Waals surface area (Å²) in [5.41, 5.74) is 3.94. The molecule has 0 aromatic heterocycles. The third-order valence-electron chi connectivity index (χ3n) is 5.03. The number of carbonyl (C=O) groups is 3. The number of anilines is 2. The van der Waals surface area contributed by atoms with Gasteiger partial charge < -0.3 is 15.4 Å². The number of esters is 1. The Morgan fingerprint density at radius 1 is 1.00 bits per heavy atom. The minimum atomic E-state index is -0.431. The van der Waals surface area contributed by atoms with Gasteiger partial charge in [-0.25, -0.2) is 4.79 Å². The number of amides is 2. The number of ether oxygens (including phenoxy) is 1. The van der Waals surface area contributed by atoms with E-state index in [1.54, 1.807) is 24.3 Å². The molecule has 0 saturated heterocycles. The quantitative estimate of drug-likeness (QED) is 0.751. The van der Waals surface area contributed by atoms with E-state index in [-0.39, 0.29) is 23.7 Å². The van der Waals surface area contributed by atoms with E-state index in [0.717, 1.165) is 23.2 Å². The van der Waals surface area contributed by atoms with Crippen molar-refractivity contribution in [2.75, 3.05) is 17.7 Å². The molecule has 6 heteroatoms. The van der Waals surface area contributed by atoms with Crippen molar-refractivity contribution in [2.24, 2.45) is 11.8 Å². The van der Waals surface area contributed by atoms with Gasteiger partial charge in [-0.05, 0) is 55.2 Å². The highest BCUT2D eigenvalue weighted by Gasteiger charge is 2.48. The molecular formula is C22H24N2O4. The number of hydrogen-bond acceptors (Lipinski definition) is 4. The van der Waals surface area contributed by atoms with Gasteiger partial charge in [0.25, 0.3) is 0 Å². The van der Waals surface area contributed by atoms with Crippen LogP contribution in [0.4, 0.5) is 11.4 Å². The molecule has 2 aromatic carbocycles. The molecule has 0 aliphatic heterocycles. The molecule has 2 atom stereocenters. The van der Waals surface area contributed by atoms with Crippen molar-refractivity contribution in [3.8, 4) is 0 Å². The summed E-state index contributed by atoms with van der Waals surface area (Å²) in [5, 5.41) is 5.80. The second-order valence-electron chi connectivity index (χ2n) is 6.96. The van der Waals surface area contributed by atoms with Gasteiger partial charge in [0.2, 0.25) is 11.8 Å². The molecule has 28 heavy (non-hydrogen) atoms. The molecule has 0 radical (unpaired) electrons. The minimum absolute atomic E-state index is 0.120. The summed E-state index contributed by atoms with van der Waals surface area (Å²) in [5.74, 6) is -1.40. The molecular weight excluding hydrogens is 356 g/mol. The second kappa shape index (κ2) is 8.25. The van der Waals surface area contributed by atoms with Gasteiger partial charge in [-0.15, -0.1) is 0 Å². The Morgan fingerprint density at radius 2 is 1.64 bits per heavy atom. The molecule has 0 bridgehead atoms. The zero-order valence-corrected chi connectivity index (χ0v) is 16.2. The Bertz CT molecular complexity index is 905. The zero-order valence-electron chi connectivity index (χ0n) is 16.2. The van der Waals surface area contributed by atoms with E-state index >= 15 is 0 Å². The molecule has 1 aliphatic rings. The molecule has 1 aliphatic carbocycles. The third-order valence-corrected chi connectivity index (χ3v) is 5.03. The lowest BCUT2D eigenvalue weighted by Crippen LogP contribution is -2.21. The van der Waals surface area contributed by atoms with Gasteiger partial charge >= 0.3 is 5.97 Å². The number of hydrogen-bond donors (Lipinski definition) is 2. The van der Waals surface area contributed by atoms with Gasteiger partial charge in [0.05, 0.1) is 24.5 Å². The summed E-state index contributed by atoms with van der Waals surface area (Å²) < 4.78 is 4.65. The van der Waals surface area contributed by atoms with E-state index < -0.39 is 5.97 Å². The summed E-state index contributed by atoms with van der Waals surface area (Å²) in [7, 11) is 1.32. The summed E-state index contributed by atoms with van der Waals surface area (Å²) in [6, 6.07) is 12.4. The Morgan fingerprint density at radius 3 is 2.25 bits per heavy atom. The SMILES string of the molecule is CCc1cccc(C)c1NC(=O)C1CC1C(=O)Nc1ccc(C(=O)OC)cc1. The number of methoxy groups -OCH3 is 1. The number of carbonyl (C=O) groups excluding carboxylic acids is 3. The molecule has 1 fully saturated rings. The lowest BCUT2D eigenvalue weighted by Gasteiger charge is -2.13. The first kappa shape index (κ1) is 19.6. The average molecular weight is 380 g/mol.